The number of likely N-dealkylation sites (N-methyl/N-ethyl adjacent to an activating group) is 1. The molecule has 1 N–H and O–H groups in total. The quantitative estimate of drug-likeness (QED) is 0.870. The van der Waals surface area contributed by atoms with Gasteiger partial charge in [0.15, 0.2) is 0 Å². The summed E-state index contributed by atoms with van der Waals surface area (Å²) in [7, 11) is 3.36. The largest absolute Gasteiger partial charge is 0.347 e. The minimum atomic E-state index is -0.484. The highest BCUT2D eigenvalue weighted by Crippen LogP contribution is 2.12. The Morgan fingerprint density at radius 2 is 1.95 bits per heavy atom. The van der Waals surface area contributed by atoms with Gasteiger partial charge in [-0.2, -0.15) is 0 Å². The number of carbonyl (C=O) groups excluding carboxylic acids is 1. The lowest BCUT2D eigenvalue weighted by Gasteiger charge is -2.23. The van der Waals surface area contributed by atoms with E-state index in [1.807, 2.05) is 13.8 Å². The number of hydrogen-bond acceptors (Lipinski definition) is 2. The Morgan fingerprint density at radius 3 is 2.50 bits per heavy atom. The van der Waals surface area contributed by atoms with Crippen molar-refractivity contribution in [2.75, 3.05) is 14.1 Å². The van der Waals surface area contributed by atoms with Crippen LogP contribution < -0.4 is 5.32 Å². The van der Waals surface area contributed by atoms with Crippen molar-refractivity contribution >= 4 is 5.91 Å². The van der Waals surface area contributed by atoms with E-state index in [9.17, 15) is 13.6 Å². The number of benzene rings is 1. The average Bonchev–Trinajstić information content (AvgIpc) is 2.36. The monoisotopic (exact) mass is 284 g/mol. The molecule has 0 fully saturated rings. The Morgan fingerprint density at radius 1 is 1.30 bits per heavy atom. The van der Waals surface area contributed by atoms with Gasteiger partial charge < -0.3 is 10.2 Å². The van der Waals surface area contributed by atoms with Crippen LogP contribution >= 0.6 is 0 Å². The molecule has 0 spiro atoms. The first-order valence-electron chi connectivity index (χ1n) is 6.69. The molecule has 1 unspecified atom stereocenters. The van der Waals surface area contributed by atoms with Gasteiger partial charge in [0, 0.05) is 26.2 Å². The molecule has 3 nitrogen and oxygen atoms in total. The number of nitrogens with zero attached hydrogens (tertiary/aromatic N) is 1. The van der Waals surface area contributed by atoms with E-state index in [-0.39, 0.29) is 18.0 Å². The van der Waals surface area contributed by atoms with Crippen molar-refractivity contribution in [1.82, 2.24) is 10.2 Å². The number of rotatable bonds is 6. The van der Waals surface area contributed by atoms with Crippen LogP contribution in [0.1, 0.15) is 25.8 Å². The fraction of sp³-hybridized carbons (Fsp3) is 0.533. The lowest BCUT2D eigenvalue weighted by atomic mass is 10.0. The smallest absolute Gasteiger partial charge is 0.239 e. The first-order valence-corrected chi connectivity index (χ1v) is 6.69. The molecule has 0 heterocycles. The molecule has 1 aromatic carbocycles. The van der Waals surface area contributed by atoms with Gasteiger partial charge >= 0.3 is 0 Å². The second-order valence-corrected chi connectivity index (χ2v) is 5.53. The molecule has 0 radical (unpaired) electrons. The van der Waals surface area contributed by atoms with Gasteiger partial charge in [0.1, 0.15) is 11.6 Å². The summed E-state index contributed by atoms with van der Waals surface area (Å²) >= 11 is 0. The van der Waals surface area contributed by atoms with Crippen molar-refractivity contribution in [3.05, 3.63) is 35.4 Å². The van der Waals surface area contributed by atoms with Gasteiger partial charge in [0.05, 0.1) is 6.04 Å². The summed E-state index contributed by atoms with van der Waals surface area (Å²) in [6, 6.07) is 2.93. The van der Waals surface area contributed by atoms with Gasteiger partial charge in [-0.1, -0.05) is 13.8 Å². The topological polar surface area (TPSA) is 32.3 Å². The summed E-state index contributed by atoms with van der Waals surface area (Å²) in [5.41, 5.74) is 0.227. The zero-order chi connectivity index (χ0) is 15.3. The molecule has 0 saturated carbocycles. The zero-order valence-corrected chi connectivity index (χ0v) is 12.4. The summed E-state index contributed by atoms with van der Waals surface area (Å²) < 4.78 is 26.6. The average molecular weight is 284 g/mol. The fourth-order valence-electron chi connectivity index (χ4n) is 1.97. The predicted octanol–water partition coefficient (Wildman–Crippen LogP) is 2.56. The lowest BCUT2D eigenvalue weighted by Crippen LogP contribution is -2.44. The zero-order valence-electron chi connectivity index (χ0n) is 12.4. The Hall–Kier alpha value is -1.49. The number of amides is 1. The Bertz CT molecular complexity index is 461. The van der Waals surface area contributed by atoms with Crippen molar-refractivity contribution < 1.29 is 13.6 Å². The molecule has 1 atom stereocenters. The van der Waals surface area contributed by atoms with Crippen LogP contribution in [0.5, 0.6) is 0 Å². The predicted molar refractivity (Wildman–Crippen MR) is 75.1 cm³/mol. The first-order chi connectivity index (χ1) is 9.31. The van der Waals surface area contributed by atoms with Gasteiger partial charge in [-0.25, -0.2) is 8.78 Å². The SMILES string of the molecule is CC(C)CC(NCc1cc(F)ccc1F)C(=O)N(C)C. The number of halogens is 2. The van der Waals surface area contributed by atoms with Crippen LogP contribution in [-0.2, 0) is 11.3 Å². The van der Waals surface area contributed by atoms with Gasteiger partial charge in [-0.15, -0.1) is 0 Å². The molecular formula is C15H22F2N2O. The van der Waals surface area contributed by atoms with E-state index in [1.165, 1.54) is 4.90 Å². The van der Waals surface area contributed by atoms with Crippen molar-refractivity contribution in [1.29, 1.82) is 0 Å². The number of nitrogens with one attached hydrogen (secondary N) is 1. The summed E-state index contributed by atoms with van der Waals surface area (Å²) in [5.74, 6) is -0.689. The Balaban J connectivity index is 2.75. The molecule has 0 aliphatic heterocycles. The highest BCUT2D eigenvalue weighted by molar-refractivity contribution is 5.81. The molecule has 0 aliphatic carbocycles. The van der Waals surface area contributed by atoms with Gasteiger partial charge in [-0.05, 0) is 30.5 Å². The fourth-order valence-corrected chi connectivity index (χ4v) is 1.97. The molecule has 1 amide bonds. The summed E-state index contributed by atoms with van der Waals surface area (Å²) in [4.78, 5) is 13.5. The number of carbonyl (C=O) groups is 1. The molecule has 0 saturated heterocycles. The van der Waals surface area contributed by atoms with Gasteiger partial charge in [0.25, 0.3) is 0 Å². The van der Waals surface area contributed by atoms with Crippen molar-refractivity contribution in [3.63, 3.8) is 0 Å². The molecule has 1 rings (SSSR count). The molecule has 0 aromatic heterocycles. The highest BCUT2D eigenvalue weighted by atomic mass is 19.1. The molecule has 1 aromatic rings. The third-order valence-electron chi connectivity index (χ3n) is 2.99. The van der Waals surface area contributed by atoms with Crippen molar-refractivity contribution in [2.45, 2.75) is 32.9 Å². The summed E-state index contributed by atoms with van der Waals surface area (Å²) in [6.45, 7) is 4.15. The van der Waals surface area contributed by atoms with E-state index in [1.54, 1.807) is 14.1 Å². The second kappa shape index (κ2) is 7.33. The van der Waals surface area contributed by atoms with Crippen LogP contribution in [0.25, 0.3) is 0 Å². The van der Waals surface area contributed by atoms with E-state index in [0.717, 1.165) is 18.2 Å². The molecule has 20 heavy (non-hydrogen) atoms. The highest BCUT2D eigenvalue weighted by Gasteiger charge is 2.21. The third kappa shape index (κ3) is 4.89. The molecule has 0 bridgehead atoms. The Labute approximate surface area is 119 Å². The normalized spacial score (nSPS) is 12.6. The Kier molecular flexibility index (Phi) is 6.07. The minimum Gasteiger partial charge on any atom is -0.347 e. The maximum atomic E-state index is 13.5. The van der Waals surface area contributed by atoms with Crippen LogP contribution in [0.3, 0.4) is 0 Å². The van der Waals surface area contributed by atoms with Gasteiger partial charge in [-0.3, -0.25) is 4.79 Å². The maximum Gasteiger partial charge on any atom is 0.239 e. The van der Waals surface area contributed by atoms with E-state index >= 15 is 0 Å². The third-order valence-corrected chi connectivity index (χ3v) is 2.99. The lowest BCUT2D eigenvalue weighted by molar-refractivity contribution is -0.131. The second-order valence-electron chi connectivity index (χ2n) is 5.53. The van der Waals surface area contributed by atoms with E-state index in [0.29, 0.717) is 12.3 Å². The molecule has 0 aliphatic rings. The first kappa shape index (κ1) is 16.6. The van der Waals surface area contributed by atoms with Crippen LogP contribution in [0.15, 0.2) is 18.2 Å². The van der Waals surface area contributed by atoms with E-state index < -0.39 is 17.7 Å². The molecular weight excluding hydrogens is 262 g/mol. The summed E-state index contributed by atoms with van der Waals surface area (Å²) in [5, 5.41) is 3.02. The summed E-state index contributed by atoms with van der Waals surface area (Å²) in [6.07, 6.45) is 0.647. The number of hydrogen-bond donors (Lipinski definition) is 1. The maximum absolute atomic E-state index is 13.5. The van der Waals surface area contributed by atoms with E-state index in [2.05, 4.69) is 5.32 Å². The van der Waals surface area contributed by atoms with Crippen LogP contribution in [-0.4, -0.2) is 30.9 Å². The van der Waals surface area contributed by atoms with Crippen molar-refractivity contribution in [3.8, 4) is 0 Å². The molecule has 5 heteroatoms. The van der Waals surface area contributed by atoms with E-state index in [4.69, 9.17) is 0 Å². The van der Waals surface area contributed by atoms with Crippen LogP contribution in [0, 0.1) is 17.6 Å². The standard InChI is InChI=1S/C15H22F2N2O/c1-10(2)7-14(15(20)19(3)4)18-9-11-8-12(16)5-6-13(11)17/h5-6,8,10,14,18H,7,9H2,1-4H3. The van der Waals surface area contributed by atoms with Crippen molar-refractivity contribution in [2.24, 2.45) is 5.92 Å². The van der Waals surface area contributed by atoms with Crippen LogP contribution in [0.4, 0.5) is 8.78 Å². The molecule has 112 valence electrons. The minimum absolute atomic E-state index is 0.0597. The van der Waals surface area contributed by atoms with Crippen LogP contribution in [0.2, 0.25) is 0 Å². The van der Waals surface area contributed by atoms with Gasteiger partial charge in [0.2, 0.25) is 5.91 Å².